The topological polar surface area (TPSA) is 102 Å². The number of amides is 1. The summed E-state index contributed by atoms with van der Waals surface area (Å²) in [5, 5.41) is 17.4. The first-order chi connectivity index (χ1) is 14.5. The van der Waals surface area contributed by atoms with Crippen LogP contribution < -0.4 is 10.6 Å². The summed E-state index contributed by atoms with van der Waals surface area (Å²) >= 11 is 0. The van der Waals surface area contributed by atoms with Crippen molar-refractivity contribution in [2.45, 2.75) is 26.1 Å². The minimum atomic E-state index is -4.67. The standard InChI is InChI=1S/C20H26F3N7O/c1-12-8-25-13(2)10-30(9-12)17(24)7-5-14-4-6-15(26-14)19(31)27-16-11-29(3)28-18(16)20(21,22)23/h4-7,11-13,24-26H,8-10H2,1-3H3,(H,27,31)/b7-5-,24-17?/t12-,13-/m1/s1. The number of anilines is 1. The molecular formula is C20H26F3N7O. The van der Waals surface area contributed by atoms with Crippen LogP contribution in [-0.2, 0) is 13.2 Å². The van der Waals surface area contributed by atoms with Crippen LogP contribution in [0, 0.1) is 11.3 Å². The molecule has 0 unspecified atom stereocenters. The van der Waals surface area contributed by atoms with E-state index >= 15 is 0 Å². The zero-order chi connectivity index (χ0) is 22.8. The van der Waals surface area contributed by atoms with Gasteiger partial charge in [0.25, 0.3) is 5.91 Å². The Morgan fingerprint density at radius 2 is 2.06 bits per heavy atom. The third kappa shape index (κ3) is 5.75. The van der Waals surface area contributed by atoms with Gasteiger partial charge in [-0.2, -0.15) is 18.3 Å². The van der Waals surface area contributed by atoms with E-state index in [1.54, 1.807) is 18.2 Å². The Morgan fingerprint density at radius 1 is 1.32 bits per heavy atom. The van der Waals surface area contributed by atoms with Crippen LogP contribution >= 0.6 is 0 Å². The van der Waals surface area contributed by atoms with E-state index in [0.29, 0.717) is 17.4 Å². The molecule has 2 atom stereocenters. The van der Waals surface area contributed by atoms with E-state index in [2.05, 4.69) is 34.6 Å². The van der Waals surface area contributed by atoms with Gasteiger partial charge in [0.2, 0.25) is 0 Å². The summed E-state index contributed by atoms with van der Waals surface area (Å²) in [6.07, 6.45) is -0.269. The molecule has 2 aromatic rings. The van der Waals surface area contributed by atoms with Crippen LogP contribution in [-0.4, -0.2) is 57.1 Å². The lowest BCUT2D eigenvalue weighted by Crippen LogP contribution is -2.38. The number of aromatic nitrogens is 3. The van der Waals surface area contributed by atoms with Crippen molar-refractivity contribution >= 4 is 23.5 Å². The first-order valence-corrected chi connectivity index (χ1v) is 9.89. The highest BCUT2D eigenvalue weighted by molar-refractivity contribution is 6.03. The number of nitrogens with one attached hydrogen (secondary N) is 4. The van der Waals surface area contributed by atoms with Gasteiger partial charge in [-0.25, -0.2) is 0 Å². The molecule has 1 amide bonds. The number of H-pyrrole nitrogens is 1. The molecule has 0 aliphatic carbocycles. The molecule has 2 aromatic heterocycles. The first kappa shape index (κ1) is 22.6. The molecular weight excluding hydrogens is 411 g/mol. The maximum absolute atomic E-state index is 13.0. The molecule has 0 radical (unpaired) electrons. The van der Waals surface area contributed by atoms with E-state index in [-0.39, 0.29) is 11.7 Å². The predicted octanol–water partition coefficient (Wildman–Crippen LogP) is 2.94. The highest BCUT2D eigenvalue weighted by Gasteiger charge is 2.37. The van der Waals surface area contributed by atoms with Crippen molar-refractivity contribution in [2.75, 3.05) is 25.0 Å². The van der Waals surface area contributed by atoms with Crippen LogP contribution in [0.25, 0.3) is 6.08 Å². The second-order valence-electron chi connectivity index (χ2n) is 7.88. The number of aryl methyl sites for hydroxylation is 1. The highest BCUT2D eigenvalue weighted by atomic mass is 19.4. The zero-order valence-electron chi connectivity index (χ0n) is 17.5. The molecule has 0 saturated carbocycles. The van der Waals surface area contributed by atoms with Gasteiger partial charge in [-0.3, -0.25) is 14.9 Å². The second-order valence-corrected chi connectivity index (χ2v) is 7.88. The van der Waals surface area contributed by atoms with Crippen LogP contribution in [0.3, 0.4) is 0 Å². The van der Waals surface area contributed by atoms with E-state index in [1.807, 2.05) is 4.90 Å². The third-order valence-corrected chi connectivity index (χ3v) is 4.90. The normalized spacial score (nSPS) is 20.1. The fourth-order valence-corrected chi connectivity index (χ4v) is 3.40. The number of alkyl halides is 3. The number of carbonyl (C=O) groups is 1. The number of aromatic amines is 1. The summed E-state index contributed by atoms with van der Waals surface area (Å²) in [5.74, 6) is 0.0520. The molecule has 11 heteroatoms. The Hall–Kier alpha value is -3.08. The summed E-state index contributed by atoms with van der Waals surface area (Å²) in [5.41, 5.74) is -0.902. The fraction of sp³-hybridized carbons (Fsp3) is 0.450. The summed E-state index contributed by atoms with van der Waals surface area (Å²) in [7, 11) is 1.35. The number of carbonyl (C=O) groups excluding carboxylic acids is 1. The van der Waals surface area contributed by atoms with Crippen molar-refractivity contribution in [3.05, 3.63) is 41.5 Å². The Kier molecular flexibility index (Phi) is 6.54. The zero-order valence-corrected chi connectivity index (χ0v) is 17.5. The third-order valence-electron chi connectivity index (χ3n) is 4.90. The molecule has 0 spiro atoms. The maximum Gasteiger partial charge on any atom is 0.437 e. The van der Waals surface area contributed by atoms with Gasteiger partial charge in [0.15, 0.2) is 5.69 Å². The molecule has 1 aliphatic heterocycles. The molecule has 168 valence electrons. The van der Waals surface area contributed by atoms with Crippen LogP contribution in [0.1, 0.15) is 35.7 Å². The smallest absolute Gasteiger partial charge is 0.355 e. The van der Waals surface area contributed by atoms with E-state index in [1.165, 1.54) is 13.1 Å². The summed E-state index contributed by atoms with van der Waals surface area (Å²) in [6.45, 7) is 6.59. The summed E-state index contributed by atoms with van der Waals surface area (Å²) in [6, 6.07) is 3.37. The largest absolute Gasteiger partial charge is 0.437 e. The Bertz CT molecular complexity index is 964. The maximum atomic E-state index is 13.0. The van der Waals surface area contributed by atoms with Gasteiger partial charge in [0.1, 0.15) is 11.5 Å². The van der Waals surface area contributed by atoms with Gasteiger partial charge in [-0.05, 0) is 43.7 Å². The number of halogens is 3. The monoisotopic (exact) mass is 437 g/mol. The lowest BCUT2D eigenvalue weighted by molar-refractivity contribution is -0.140. The van der Waals surface area contributed by atoms with E-state index in [4.69, 9.17) is 5.41 Å². The molecule has 3 heterocycles. The van der Waals surface area contributed by atoms with Crippen LogP contribution in [0.5, 0.6) is 0 Å². The average Bonchev–Trinajstić information content (AvgIpc) is 3.26. The number of hydrogen-bond donors (Lipinski definition) is 4. The number of hydrogen-bond acceptors (Lipinski definition) is 4. The summed E-state index contributed by atoms with van der Waals surface area (Å²) < 4.78 is 40.1. The van der Waals surface area contributed by atoms with Crippen molar-refractivity contribution in [2.24, 2.45) is 13.0 Å². The van der Waals surface area contributed by atoms with Gasteiger partial charge >= 0.3 is 6.18 Å². The van der Waals surface area contributed by atoms with Crippen molar-refractivity contribution in [1.82, 2.24) is 25.0 Å². The number of nitrogens with zero attached hydrogens (tertiary/aromatic N) is 3. The van der Waals surface area contributed by atoms with Crippen molar-refractivity contribution in [3.8, 4) is 0 Å². The van der Waals surface area contributed by atoms with Gasteiger partial charge in [0.05, 0.1) is 5.69 Å². The van der Waals surface area contributed by atoms with Gasteiger partial charge in [0, 0.05) is 38.1 Å². The first-order valence-electron chi connectivity index (χ1n) is 9.89. The Morgan fingerprint density at radius 3 is 2.77 bits per heavy atom. The lowest BCUT2D eigenvalue weighted by Gasteiger charge is -2.24. The van der Waals surface area contributed by atoms with Crippen LogP contribution in [0.15, 0.2) is 24.4 Å². The lowest BCUT2D eigenvalue weighted by atomic mass is 10.2. The Labute approximate surface area is 178 Å². The predicted molar refractivity (Wildman–Crippen MR) is 112 cm³/mol. The van der Waals surface area contributed by atoms with Crippen molar-refractivity contribution < 1.29 is 18.0 Å². The second kappa shape index (κ2) is 8.96. The van der Waals surface area contributed by atoms with E-state index in [9.17, 15) is 18.0 Å². The van der Waals surface area contributed by atoms with E-state index in [0.717, 1.165) is 30.5 Å². The van der Waals surface area contributed by atoms with Gasteiger partial charge in [-0.1, -0.05) is 6.92 Å². The average molecular weight is 437 g/mol. The number of rotatable bonds is 4. The minimum Gasteiger partial charge on any atom is -0.355 e. The van der Waals surface area contributed by atoms with Crippen molar-refractivity contribution in [3.63, 3.8) is 0 Å². The molecule has 1 aliphatic rings. The SMILES string of the molecule is C[C@@H]1CN[C@H](C)CN(C(=N)/C=C\c2ccc(C(=O)Nc3cn(C)nc3C(F)(F)F)[nH]2)C1. The minimum absolute atomic E-state index is 0.101. The molecule has 1 saturated heterocycles. The molecule has 8 nitrogen and oxygen atoms in total. The quantitative estimate of drug-likeness (QED) is 0.436. The fourth-order valence-electron chi connectivity index (χ4n) is 3.40. The Balaban J connectivity index is 1.66. The number of amidine groups is 1. The van der Waals surface area contributed by atoms with E-state index < -0.39 is 23.5 Å². The molecule has 0 aromatic carbocycles. The highest BCUT2D eigenvalue weighted by Crippen LogP contribution is 2.33. The van der Waals surface area contributed by atoms with Crippen LogP contribution in [0.4, 0.5) is 18.9 Å². The van der Waals surface area contributed by atoms with Crippen LogP contribution in [0.2, 0.25) is 0 Å². The summed E-state index contributed by atoms with van der Waals surface area (Å²) in [4.78, 5) is 17.2. The van der Waals surface area contributed by atoms with Crippen molar-refractivity contribution in [1.29, 1.82) is 5.41 Å². The van der Waals surface area contributed by atoms with Gasteiger partial charge in [-0.15, -0.1) is 0 Å². The molecule has 0 bridgehead atoms. The molecule has 3 rings (SSSR count). The molecule has 4 N–H and O–H groups in total. The van der Waals surface area contributed by atoms with Gasteiger partial charge < -0.3 is 20.5 Å². The molecule has 31 heavy (non-hydrogen) atoms. The molecule has 1 fully saturated rings.